The Bertz CT molecular complexity index is 592. The summed E-state index contributed by atoms with van der Waals surface area (Å²) >= 11 is 0. The maximum absolute atomic E-state index is 4.69. The maximum Gasteiger partial charge on any atom is 0.128 e. The summed E-state index contributed by atoms with van der Waals surface area (Å²) in [6.45, 7) is 2.23. The van der Waals surface area contributed by atoms with Crippen LogP contribution in [0.1, 0.15) is 44.6 Å². The molecular formula is C20H24N2Ni. The summed E-state index contributed by atoms with van der Waals surface area (Å²) in [4.78, 5) is 9.30. The zero-order chi connectivity index (χ0) is 15.5. The largest absolute Gasteiger partial charge is 0.241 e. The summed E-state index contributed by atoms with van der Waals surface area (Å²) in [6.07, 6.45) is 7.75. The van der Waals surface area contributed by atoms with Crippen molar-refractivity contribution in [2.24, 2.45) is 9.98 Å². The summed E-state index contributed by atoms with van der Waals surface area (Å²) < 4.78 is 0. The van der Waals surface area contributed by atoms with Crippen molar-refractivity contribution < 1.29 is 16.5 Å². The first-order valence-electron chi connectivity index (χ1n) is 8.10. The molecule has 0 atom stereocenters. The number of hydrogen-bond donors (Lipinski definition) is 0. The molecule has 0 aliphatic rings. The number of hydrogen-bond acceptors (Lipinski definition) is 1. The molecule has 0 unspecified atom stereocenters. The van der Waals surface area contributed by atoms with Crippen molar-refractivity contribution >= 4 is 17.7 Å². The van der Waals surface area contributed by atoms with E-state index in [1.807, 2.05) is 54.7 Å². The van der Waals surface area contributed by atoms with Gasteiger partial charge in [-0.05, 0) is 24.1 Å². The smallest absolute Gasteiger partial charge is 0.128 e. The second-order valence-electron chi connectivity index (χ2n) is 5.34. The van der Waals surface area contributed by atoms with Gasteiger partial charge in [-0.3, -0.25) is 0 Å². The van der Waals surface area contributed by atoms with Gasteiger partial charge in [0.05, 0.1) is 5.69 Å². The molecule has 124 valence electrons. The molecule has 0 heterocycles. The molecule has 0 N–H and O–H groups in total. The van der Waals surface area contributed by atoms with Crippen molar-refractivity contribution in [2.75, 3.05) is 0 Å². The van der Waals surface area contributed by atoms with Crippen LogP contribution in [-0.2, 0) is 16.5 Å². The van der Waals surface area contributed by atoms with Crippen LogP contribution in [0.25, 0.3) is 0 Å². The van der Waals surface area contributed by atoms with Gasteiger partial charge in [0.25, 0.3) is 0 Å². The van der Waals surface area contributed by atoms with Crippen LogP contribution in [0.3, 0.4) is 0 Å². The Hall–Kier alpha value is -1.73. The summed E-state index contributed by atoms with van der Waals surface area (Å²) in [5.41, 5.74) is 2.08. The number of rotatable bonds is 7. The zero-order valence-electron chi connectivity index (χ0n) is 13.6. The zero-order valence-corrected chi connectivity index (χ0v) is 14.6. The third-order valence-corrected chi connectivity index (χ3v) is 3.43. The Kier molecular flexibility index (Phi) is 9.90. The van der Waals surface area contributed by atoms with E-state index in [0.29, 0.717) is 0 Å². The van der Waals surface area contributed by atoms with Gasteiger partial charge in [0.15, 0.2) is 0 Å². The van der Waals surface area contributed by atoms with Crippen LogP contribution < -0.4 is 0 Å². The molecule has 23 heavy (non-hydrogen) atoms. The molecule has 0 aromatic heterocycles. The van der Waals surface area contributed by atoms with Gasteiger partial charge in [-0.1, -0.05) is 74.7 Å². The first-order chi connectivity index (χ1) is 10.9. The predicted octanol–water partition coefficient (Wildman–Crippen LogP) is 5.80. The maximum atomic E-state index is 4.69. The number of nitrogens with zero attached hydrogens (tertiary/aromatic N) is 2. The molecule has 0 bridgehead atoms. The first kappa shape index (κ1) is 19.3. The third kappa shape index (κ3) is 7.90. The SMILES string of the molecule is CCCCCCC(N=Cc1ccccc1)=Nc1ccccc1.[Ni]. The van der Waals surface area contributed by atoms with E-state index in [0.717, 1.165) is 29.9 Å². The number of benzene rings is 2. The van der Waals surface area contributed by atoms with Crippen LogP contribution in [0.4, 0.5) is 5.69 Å². The summed E-state index contributed by atoms with van der Waals surface area (Å²) in [5.74, 6) is 0.908. The molecule has 0 aliphatic carbocycles. The Morgan fingerprint density at radius 1 is 0.870 bits per heavy atom. The third-order valence-electron chi connectivity index (χ3n) is 3.43. The second-order valence-corrected chi connectivity index (χ2v) is 5.34. The molecule has 0 amide bonds. The van der Waals surface area contributed by atoms with Crippen molar-refractivity contribution in [3.05, 3.63) is 66.2 Å². The minimum atomic E-state index is 0. The second kappa shape index (κ2) is 11.8. The van der Waals surface area contributed by atoms with Gasteiger partial charge in [-0.25, -0.2) is 9.98 Å². The van der Waals surface area contributed by atoms with Crippen molar-refractivity contribution in [1.29, 1.82) is 0 Å². The van der Waals surface area contributed by atoms with Crippen LogP contribution in [-0.4, -0.2) is 12.1 Å². The molecule has 2 rings (SSSR count). The summed E-state index contributed by atoms with van der Waals surface area (Å²) in [7, 11) is 0. The Labute approximate surface area is 149 Å². The Morgan fingerprint density at radius 3 is 2.17 bits per heavy atom. The Balaban J connectivity index is 0.00000264. The standard InChI is InChI=1S/C20H24N2.Ni/c1-2-3-4-11-16-20(22-19-14-9-6-10-15-19)21-17-18-12-7-5-8-13-18;/h5-10,12-15,17H,2-4,11,16H2,1H3;. The molecule has 0 spiro atoms. The van der Waals surface area contributed by atoms with Gasteiger partial charge in [0, 0.05) is 29.1 Å². The molecule has 2 aromatic carbocycles. The van der Waals surface area contributed by atoms with Crippen LogP contribution >= 0.6 is 0 Å². The van der Waals surface area contributed by atoms with E-state index in [1.54, 1.807) is 0 Å². The average molecular weight is 351 g/mol. The van der Waals surface area contributed by atoms with Crippen LogP contribution in [0, 0.1) is 0 Å². The molecule has 0 fully saturated rings. The van der Waals surface area contributed by atoms with Crippen molar-refractivity contribution in [3.63, 3.8) is 0 Å². The van der Waals surface area contributed by atoms with Gasteiger partial charge < -0.3 is 0 Å². The summed E-state index contributed by atoms with van der Waals surface area (Å²) in [5, 5.41) is 0. The Morgan fingerprint density at radius 2 is 1.52 bits per heavy atom. The molecule has 0 saturated heterocycles. The van der Waals surface area contributed by atoms with E-state index in [-0.39, 0.29) is 16.5 Å². The number of aliphatic imine (C=N–C) groups is 2. The average Bonchev–Trinajstić information content (AvgIpc) is 2.58. The number of para-hydroxylation sites is 1. The van der Waals surface area contributed by atoms with Gasteiger partial charge in [0.1, 0.15) is 5.84 Å². The fourth-order valence-electron chi connectivity index (χ4n) is 2.20. The van der Waals surface area contributed by atoms with E-state index in [9.17, 15) is 0 Å². The van der Waals surface area contributed by atoms with Crippen molar-refractivity contribution in [3.8, 4) is 0 Å². The molecule has 0 saturated carbocycles. The first-order valence-corrected chi connectivity index (χ1v) is 8.10. The quantitative estimate of drug-likeness (QED) is 0.261. The van der Waals surface area contributed by atoms with Crippen LogP contribution in [0.5, 0.6) is 0 Å². The number of amidine groups is 1. The minimum Gasteiger partial charge on any atom is -0.241 e. The van der Waals surface area contributed by atoms with Gasteiger partial charge in [0.2, 0.25) is 0 Å². The van der Waals surface area contributed by atoms with E-state index >= 15 is 0 Å². The van der Waals surface area contributed by atoms with Gasteiger partial charge >= 0.3 is 0 Å². The van der Waals surface area contributed by atoms with E-state index in [4.69, 9.17) is 4.99 Å². The molecular weight excluding hydrogens is 327 g/mol. The van der Waals surface area contributed by atoms with Gasteiger partial charge in [-0.15, -0.1) is 0 Å². The molecule has 2 aromatic rings. The normalized spacial score (nSPS) is 11.4. The molecule has 2 nitrogen and oxygen atoms in total. The van der Waals surface area contributed by atoms with Crippen molar-refractivity contribution in [1.82, 2.24) is 0 Å². The molecule has 3 heteroatoms. The fraction of sp³-hybridized carbons (Fsp3) is 0.300. The van der Waals surface area contributed by atoms with E-state index in [2.05, 4.69) is 24.0 Å². The summed E-state index contributed by atoms with van der Waals surface area (Å²) in [6, 6.07) is 20.2. The van der Waals surface area contributed by atoms with Crippen molar-refractivity contribution in [2.45, 2.75) is 39.0 Å². The topological polar surface area (TPSA) is 24.7 Å². The van der Waals surface area contributed by atoms with Crippen LogP contribution in [0.2, 0.25) is 0 Å². The van der Waals surface area contributed by atoms with E-state index < -0.39 is 0 Å². The minimum absolute atomic E-state index is 0. The molecule has 0 radical (unpaired) electrons. The molecule has 0 aliphatic heterocycles. The predicted molar refractivity (Wildman–Crippen MR) is 96.3 cm³/mol. The fourth-order valence-corrected chi connectivity index (χ4v) is 2.20. The number of unbranched alkanes of at least 4 members (excludes halogenated alkanes) is 3. The van der Waals surface area contributed by atoms with E-state index in [1.165, 1.54) is 19.3 Å². The van der Waals surface area contributed by atoms with Crippen LogP contribution in [0.15, 0.2) is 70.6 Å². The monoisotopic (exact) mass is 350 g/mol. The van der Waals surface area contributed by atoms with Gasteiger partial charge in [-0.2, -0.15) is 0 Å².